The highest BCUT2D eigenvalue weighted by Gasteiger charge is 2.08. The van der Waals surface area contributed by atoms with E-state index in [0.29, 0.717) is 6.54 Å². The van der Waals surface area contributed by atoms with Crippen LogP contribution in [0.15, 0.2) is 18.2 Å². The molecule has 4 nitrogen and oxygen atoms in total. The molecule has 78 valence electrons. The van der Waals surface area contributed by atoms with E-state index in [4.69, 9.17) is 16.9 Å². The SMILES string of the molecule is CC(C#N)CNC(=O)c1cccc(Cl)n1. The standard InChI is InChI=1S/C10H10ClN3O/c1-7(5-12)6-13-10(15)8-3-2-4-9(11)14-8/h2-4,7H,6H2,1H3,(H,13,15). The number of nitriles is 1. The number of amides is 1. The van der Waals surface area contributed by atoms with Gasteiger partial charge < -0.3 is 5.32 Å². The van der Waals surface area contributed by atoms with Crippen LogP contribution in [0.25, 0.3) is 0 Å². The van der Waals surface area contributed by atoms with E-state index in [1.807, 2.05) is 6.07 Å². The lowest BCUT2D eigenvalue weighted by atomic mass is 10.2. The topological polar surface area (TPSA) is 65.8 Å². The summed E-state index contributed by atoms with van der Waals surface area (Å²) in [5, 5.41) is 11.4. The fourth-order valence-electron chi connectivity index (χ4n) is 0.917. The summed E-state index contributed by atoms with van der Waals surface area (Å²) < 4.78 is 0. The first kappa shape index (κ1) is 11.5. The van der Waals surface area contributed by atoms with Gasteiger partial charge in [0.05, 0.1) is 12.0 Å². The fraction of sp³-hybridized carbons (Fsp3) is 0.300. The molecule has 1 aromatic rings. The van der Waals surface area contributed by atoms with Crippen LogP contribution >= 0.6 is 11.6 Å². The Morgan fingerprint density at radius 2 is 2.47 bits per heavy atom. The molecule has 1 atom stereocenters. The molecule has 0 aromatic carbocycles. The zero-order valence-corrected chi connectivity index (χ0v) is 8.95. The van der Waals surface area contributed by atoms with E-state index in [1.54, 1.807) is 25.1 Å². The summed E-state index contributed by atoms with van der Waals surface area (Å²) in [4.78, 5) is 15.3. The van der Waals surface area contributed by atoms with Crippen LogP contribution in [0.2, 0.25) is 5.15 Å². The van der Waals surface area contributed by atoms with Crippen molar-refractivity contribution in [2.45, 2.75) is 6.92 Å². The van der Waals surface area contributed by atoms with Gasteiger partial charge in [-0.1, -0.05) is 17.7 Å². The number of halogens is 1. The van der Waals surface area contributed by atoms with Crippen LogP contribution in [0.4, 0.5) is 0 Å². The maximum Gasteiger partial charge on any atom is 0.269 e. The average Bonchev–Trinajstić information content (AvgIpc) is 2.25. The van der Waals surface area contributed by atoms with Gasteiger partial charge in [-0.05, 0) is 19.1 Å². The molecule has 0 saturated heterocycles. The van der Waals surface area contributed by atoms with Gasteiger partial charge in [-0.15, -0.1) is 0 Å². The number of carbonyl (C=O) groups excluding carboxylic acids is 1. The number of carbonyl (C=O) groups is 1. The molecule has 0 spiro atoms. The smallest absolute Gasteiger partial charge is 0.269 e. The number of rotatable bonds is 3. The van der Waals surface area contributed by atoms with Gasteiger partial charge in [0.1, 0.15) is 10.8 Å². The van der Waals surface area contributed by atoms with Crippen molar-refractivity contribution in [3.63, 3.8) is 0 Å². The van der Waals surface area contributed by atoms with Gasteiger partial charge in [-0.2, -0.15) is 5.26 Å². The van der Waals surface area contributed by atoms with Gasteiger partial charge in [-0.25, -0.2) is 4.98 Å². The molecule has 1 N–H and O–H groups in total. The monoisotopic (exact) mass is 223 g/mol. The Bertz CT molecular complexity index is 400. The summed E-state index contributed by atoms with van der Waals surface area (Å²) in [5.41, 5.74) is 0.257. The Kier molecular flexibility index (Phi) is 4.07. The van der Waals surface area contributed by atoms with E-state index in [0.717, 1.165) is 0 Å². The van der Waals surface area contributed by atoms with Gasteiger partial charge in [-0.3, -0.25) is 4.79 Å². The number of hydrogen-bond donors (Lipinski definition) is 1. The summed E-state index contributed by atoms with van der Waals surface area (Å²) in [6.45, 7) is 2.04. The van der Waals surface area contributed by atoms with Crippen LogP contribution in [0.1, 0.15) is 17.4 Å². The highest BCUT2D eigenvalue weighted by molar-refractivity contribution is 6.29. The lowest BCUT2D eigenvalue weighted by Crippen LogP contribution is -2.28. The van der Waals surface area contributed by atoms with Gasteiger partial charge >= 0.3 is 0 Å². The zero-order chi connectivity index (χ0) is 11.3. The summed E-state index contributed by atoms with van der Waals surface area (Å²) in [5.74, 6) is -0.535. The second kappa shape index (κ2) is 5.32. The number of nitrogens with zero attached hydrogens (tertiary/aromatic N) is 2. The second-order valence-electron chi connectivity index (χ2n) is 3.09. The van der Waals surface area contributed by atoms with Crippen LogP contribution in [0.5, 0.6) is 0 Å². The van der Waals surface area contributed by atoms with E-state index in [1.165, 1.54) is 0 Å². The maximum atomic E-state index is 11.5. The van der Waals surface area contributed by atoms with Gasteiger partial charge in [0.25, 0.3) is 5.91 Å². The molecule has 0 fully saturated rings. The molecule has 1 unspecified atom stereocenters. The molecule has 1 amide bonds. The predicted molar refractivity (Wildman–Crippen MR) is 56.4 cm³/mol. The molecule has 1 rings (SSSR count). The predicted octanol–water partition coefficient (Wildman–Crippen LogP) is 1.62. The summed E-state index contributed by atoms with van der Waals surface area (Å²) in [6.07, 6.45) is 0. The molecule has 5 heteroatoms. The third-order valence-electron chi connectivity index (χ3n) is 1.74. The molecule has 1 aromatic heterocycles. The molecule has 15 heavy (non-hydrogen) atoms. The highest BCUT2D eigenvalue weighted by Crippen LogP contribution is 2.04. The van der Waals surface area contributed by atoms with Crippen molar-refractivity contribution in [2.75, 3.05) is 6.54 Å². The van der Waals surface area contributed by atoms with Crippen LogP contribution in [0, 0.1) is 17.2 Å². The van der Waals surface area contributed by atoms with Crippen molar-refractivity contribution in [1.29, 1.82) is 5.26 Å². The van der Waals surface area contributed by atoms with E-state index in [-0.39, 0.29) is 22.7 Å². The molecule has 1 heterocycles. The van der Waals surface area contributed by atoms with Crippen molar-refractivity contribution >= 4 is 17.5 Å². The van der Waals surface area contributed by atoms with Gasteiger partial charge in [0, 0.05) is 6.54 Å². The Morgan fingerprint density at radius 3 is 3.07 bits per heavy atom. The fourth-order valence-corrected chi connectivity index (χ4v) is 1.08. The van der Waals surface area contributed by atoms with Crippen molar-refractivity contribution in [2.24, 2.45) is 5.92 Å². The van der Waals surface area contributed by atoms with Crippen LogP contribution in [0.3, 0.4) is 0 Å². The number of aromatic nitrogens is 1. The minimum atomic E-state index is -0.320. The third kappa shape index (κ3) is 3.56. The molecule has 0 bridgehead atoms. The van der Waals surface area contributed by atoms with E-state index < -0.39 is 0 Å². The normalized spacial score (nSPS) is 11.5. The molecule has 0 radical (unpaired) electrons. The van der Waals surface area contributed by atoms with E-state index in [9.17, 15) is 4.79 Å². The summed E-state index contributed by atoms with van der Waals surface area (Å²) >= 11 is 5.64. The Morgan fingerprint density at radius 1 is 1.73 bits per heavy atom. The molecule has 0 aliphatic rings. The quantitative estimate of drug-likeness (QED) is 0.792. The van der Waals surface area contributed by atoms with E-state index >= 15 is 0 Å². The van der Waals surface area contributed by atoms with Crippen molar-refractivity contribution in [1.82, 2.24) is 10.3 Å². The lowest BCUT2D eigenvalue weighted by Gasteiger charge is -2.05. The zero-order valence-electron chi connectivity index (χ0n) is 8.20. The minimum Gasteiger partial charge on any atom is -0.349 e. The Labute approximate surface area is 92.9 Å². The molecule has 0 aliphatic heterocycles. The van der Waals surface area contributed by atoms with Crippen molar-refractivity contribution in [3.05, 3.63) is 29.0 Å². The lowest BCUT2D eigenvalue weighted by molar-refractivity contribution is 0.0946. The minimum absolute atomic E-state index is 0.215. The van der Waals surface area contributed by atoms with E-state index in [2.05, 4.69) is 10.3 Å². The largest absolute Gasteiger partial charge is 0.349 e. The molecule has 0 saturated carbocycles. The number of hydrogen-bond acceptors (Lipinski definition) is 3. The van der Waals surface area contributed by atoms with Crippen LogP contribution in [-0.2, 0) is 0 Å². The third-order valence-corrected chi connectivity index (χ3v) is 1.95. The molecular formula is C10H10ClN3O. The Balaban J connectivity index is 2.59. The van der Waals surface area contributed by atoms with Crippen LogP contribution in [-0.4, -0.2) is 17.4 Å². The first-order valence-electron chi connectivity index (χ1n) is 4.44. The van der Waals surface area contributed by atoms with Gasteiger partial charge in [0.15, 0.2) is 0 Å². The first-order valence-corrected chi connectivity index (χ1v) is 4.81. The van der Waals surface area contributed by atoms with Crippen molar-refractivity contribution < 1.29 is 4.79 Å². The highest BCUT2D eigenvalue weighted by atomic mass is 35.5. The summed E-state index contributed by atoms with van der Waals surface area (Å²) in [6, 6.07) is 6.83. The van der Waals surface area contributed by atoms with Crippen LogP contribution < -0.4 is 5.32 Å². The average molecular weight is 224 g/mol. The Hall–Kier alpha value is -1.60. The van der Waals surface area contributed by atoms with Crippen molar-refractivity contribution in [3.8, 4) is 6.07 Å². The number of nitrogens with one attached hydrogen (secondary N) is 1. The molecule has 0 aliphatic carbocycles. The first-order chi connectivity index (χ1) is 7.13. The summed E-state index contributed by atoms with van der Waals surface area (Å²) in [7, 11) is 0. The van der Waals surface area contributed by atoms with Gasteiger partial charge in [0.2, 0.25) is 0 Å². The maximum absolute atomic E-state index is 11.5. The molecular weight excluding hydrogens is 214 g/mol. The number of pyridine rings is 1. The second-order valence-corrected chi connectivity index (χ2v) is 3.47.